The SMILES string of the molecule is CC/C=C1\CC(c2cccc3c2N[C@H](C)CC(=O)N3)=Cc2ccccc21.[HH].[HH]. The van der Waals surface area contributed by atoms with E-state index in [0.717, 1.165) is 24.2 Å². The summed E-state index contributed by atoms with van der Waals surface area (Å²) in [6, 6.07) is 14.8. The summed E-state index contributed by atoms with van der Waals surface area (Å²) < 4.78 is 0. The average molecular weight is 348 g/mol. The molecule has 0 bridgehead atoms. The number of carbonyl (C=O) groups excluding carboxylic acids is 1. The lowest BCUT2D eigenvalue weighted by Crippen LogP contribution is -2.19. The average Bonchev–Trinajstić information content (AvgIpc) is 2.77. The highest BCUT2D eigenvalue weighted by Gasteiger charge is 2.23. The van der Waals surface area contributed by atoms with E-state index in [1.165, 1.54) is 27.8 Å². The second-order valence-corrected chi connectivity index (χ2v) is 7.10. The van der Waals surface area contributed by atoms with Crippen LogP contribution in [0.2, 0.25) is 0 Å². The fraction of sp³-hybridized carbons (Fsp3) is 0.261. The number of benzene rings is 2. The molecule has 0 spiro atoms. The van der Waals surface area contributed by atoms with Gasteiger partial charge in [0.2, 0.25) is 5.91 Å². The Morgan fingerprint density at radius 2 is 1.96 bits per heavy atom. The molecule has 0 fully saturated rings. The molecule has 1 aliphatic heterocycles. The van der Waals surface area contributed by atoms with Gasteiger partial charge < -0.3 is 10.6 Å². The Morgan fingerprint density at radius 1 is 1.15 bits per heavy atom. The first kappa shape index (κ1) is 16.6. The fourth-order valence-corrected chi connectivity index (χ4v) is 3.91. The Bertz CT molecular complexity index is 934. The summed E-state index contributed by atoms with van der Waals surface area (Å²) in [5, 5.41) is 6.59. The molecule has 4 rings (SSSR count). The zero-order valence-corrected chi connectivity index (χ0v) is 15.3. The highest BCUT2D eigenvalue weighted by atomic mass is 16.1. The molecule has 3 heteroatoms. The van der Waals surface area contributed by atoms with Crippen LogP contribution in [0.15, 0.2) is 48.5 Å². The van der Waals surface area contributed by atoms with E-state index >= 15 is 0 Å². The Labute approximate surface area is 157 Å². The number of anilines is 2. The maximum absolute atomic E-state index is 12.1. The number of hydrogen-bond acceptors (Lipinski definition) is 2. The molecule has 3 nitrogen and oxygen atoms in total. The predicted octanol–water partition coefficient (Wildman–Crippen LogP) is 6.06. The second-order valence-electron chi connectivity index (χ2n) is 7.10. The van der Waals surface area contributed by atoms with E-state index in [1.807, 2.05) is 12.1 Å². The van der Waals surface area contributed by atoms with Crippen LogP contribution in [0.4, 0.5) is 11.4 Å². The first-order chi connectivity index (χ1) is 12.7. The minimum Gasteiger partial charge on any atom is -0.380 e. The quantitative estimate of drug-likeness (QED) is 0.692. The first-order valence-corrected chi connectivity index (χ1v) is 9.34. The summed E-state index contributed by atoms with van der Waals surface area (Å²) in [5.41, 5.74) is 8.34. The zero-order valence-electron chi connectivity index (χ0n) is 15.3. The minimum atomic E-state index is 0. The molecule has 0 saturated carbocycles. The minimum absolute atomic E-state index is 0. The number of rotatable bonds is 2. The first-order valence-electron chi connectivity index (χ1n) is 9.34. The van der Waals surface area contributed by atoms with Gasteiger partial charge in [-0.15, -0.1) is 0 Å². The Kier molecular flexibility index (Phi) is 4.37. The fourth-order valence-electron chi connectivity index (χ4n) is 3.91. The summed E-state index contributed by atoms with van der Waals surface area (Å²) in [5.74, 6) is 0.0652. The van der Waals surface area contributed by atoms with Gasteiger partial charge in [0, 0.05) is 20.9 Å². The summed E-state index contributed by atoms with van der Waals surface area (Å²) in [6.45, 7) is 4.24. The lowest BCUT2D eigenvalue weighted by molar-refractivity contribution is -0.116. The number of amides is 1. The molecule has 26 heavy (non-hydrogen) atoms. The van der Waals surface area contributed by atoms with Crippen molar-refractivity contribution in [3.63, 3.8) is 0 Å². The lowest BCUT2D eigenvalue weighted by Gasteiger charge is -2.23. The molecular weight excluding hydrogens is 320 g/mol. The van der Waals surface area contributed by atoms with E-state index in [2.05, 4.69) is 67.0 Å². The van der Waals surface area contributed by atoms with Crippen molar-refractivity contribution in [2.45, 2.75) is 39.2 Å². The monoisotopic (exact) mass is 348 g/mol. The molecule has 0 aromatic heterocycles. The van der Waals surface area contributed by atoms with Gasteiger partial charge in [0.15, 0.2) is 0 Å². The van der Waals surface area contributed by atoms with E-state index in [0.29, 0.717) is 6.42 Å². The van der Waals surface area contributed by atoms with Gasteiger partial charge in [-0.2, -0.15) is 0 Å². The largest absolute Gasteiger partial charge is 0.380 e. The molecule has 2 aliphatic rings. The van der Waals surface area contributed by atoms with Crippen LogP contribution >= 0.6 is 0 Å². The summed E-state index contributed by atoms with van der Waals surface area (Å²) in [4.78, 5) is 12.1. The molecule has 0 saturated heterocycles. The lowest BCUT2D eigenvalue weighted by atomic mass is 9.84. The third kappa shape index (κ3) is 3.05. The van der Waals surface area contributed by atoms with Crippen LogP contribution in [-0.2, 0) is 4.79 Å². The molecule has 1 amide bonds. The number of allylic oxidation sites excluding steroid dienone is 3. The van der Waals surface area contributed by atoms with Crippen LogP contribution in [0.1, 0.15) is 52.7 Å². The maximum atomic E-state index is 12.1. The van der Waals surface area contributed by atoms with Gasteiger partial charge in [0.05, 0.1) is 11.4 Å². The van der Waals surface area contributed by atoms with Crippen LogP contribution in [0.25, 0.3) is 17.2 Å². The van der Waals surface area contributed by atoms with E-state index in [1.54, 1.807) is 0 Å². The second kappa shape index (κ2) is 6.83. The van der Waals surface area contributed by atoms with E-state index in [-0.39, 0.29) is 14.8 Å². The summed E-state index contributed by atoms with van der Waals surface area (Å²) in [6.07, 6.45) is 7.03. The zero-order chi connectivity index (χ0) is 18.1. The van der Waals surface area contributed by atoms with Gasteiger partial charge in [0.1, 0.15) is 0 Å². The van der Waals surface area contributed by atoms with Gasteiger partial charge in [-0.1, -0.05) is 55.5 Å². The van der Waals surface area contributed by atoms with Crippen molar-refractivity contribution in [2.75, 3.05) is 10.6 Å². The topological polar surface area (TPSA) is 41.1 Å². The van der Waals surface area contributed by atoms with Crippen LogP contribution in [0, 0.1) is 0 Å². The standard InChI is InChI=1S/C23H24N2O.2H2/c1-3-7-16-13-18(14-17-8-4-5-9-19(16)17)20-10-6-11-21-23(20)24-15(2)12-22(26)25-21;;/h4-11,14-15,24H,3,12-13H2,1-2H3,(H,25,26);2*1H/b16-7+;;/t15-;;/m1../s1. The molecule has 2 aromatic rings. The van der Waals surface area contributed by atoms with Crippen molar-refractivity contribution in [3.05, 3.63) is 65.2 Å². The van der Waals surface area contributed by atoms with E-state index in [4.69, 9.17) is 0 Å². The third-order valence-electron chi connectivity index (χ3n) is 5.03. The van der Waals surface area contributed by atoms with Crippen molar-refractivity contribution in [1.82, 2.24) is 0 Å². The molecule has 1 heterocycles. The molecule has 2 N–H and O–H groups in total. The number of nitrogens with one attached hydrogen (secondary N) is 2. The molecule has 0 radical (unpaired) electrons. The molecule has 0 unspecified atom stereocenters. The predicted molar refractivity (Wildman–Crippen MR) is 114 cm³/mol. The van der Waals surface area contributed by atoms with Crippen molar-refractivity contribution >= 4 is 34.5 Å². The number of carbonyl (C=O) groups is 1. The van der Waals surface area contributed by atoms with Gasteiger partial charge >= 0.3 is 0 Å². The number of hydrogen-bond donors (Lipinski definition) is 2. The van der Waals surface area contributed by atoms with Crippen LogP contribution in [-0.4, -0.2) is 11.9 Å². The Morgan fingerprint density at radius 3 is 2.81 bits per heavy atom. The highest BCUT2D eigenvalue weighted by Crippen LogP contribution is 2.42. The third-order valence-corrected chi connectivity index (χ3v) is 5.03. The van der Waals surface area contributed by atoms with Crippen LogP contribution in [0.3, 0.4) is 0 Å². The molecule has 136 valence electrons. The normalized spacial score (nSPS) is 20.4. The number of para-hydroxylation sites is 1. The molecule has 1 atom stereocenters. The number of fused-ring (bicyclic) bond motifs is 2. The molecular formula is C23H28N2O. The smallest absolute Gasteiger partial charge is 0.226 e. The van der Waals surface area contributed by atoms with Crippen molar-refractivity contribution in [3.8, 4) is 0 Å². The maximum Gasteiger partial charge on any atom is 0.226 e. The van der Waals surface area contributed by atoms with Gasteiger partial charge in [-0.25, -0.2) is 0 Å². The van der Waals surface area contributed by atoms with E-state index < -0.39 is 0 Å². The van der Waals surface area contributed by atoms with Crippen LogP contribution < -0.4 is 10.6 Å². The molecule has 2 aromatic carbocycles. The van der Waals surface area contributed by atoms with Gasteiger partial charge in [-0.3, -0.25) is 4.79 Å². The Balaban J connectivity index is 0.00000140. The van der Waals surface area contributed by atoms with Crippen molar-refractivity contribution in [2.24, 2.45) is 0 Å². The highest BCUT2D eigenvalue weighted by molar-refractivity contribution is 6.03. The van der Waals surface area contributed by atoms with Gasteiger partial charge in [0.25, 0.3) is 0 Å². The molecule has 1 aliphatic carbocycles. The van der Waals surface area contributed by atoms with Crippen LogP contribution in [0.5, 0.6) is 0 Å². The van der Waals surface area contributed by atoms with Crippen molar-refractivity contribution in [1.29, 1.82) is 0 Å². The van der Waals surface area contributed by atoms with Gasteiger partial charge in [-0.05, 0) is 48.1 Å². The van der Waals surface area contributed by atoms with Crippen molar-refractivity contribution < 1.29 is 7.65 Å². The summed E-state index contributed by atoms with van der Waals surface area (Å²) in [7, 11) is 0. The Hall–Kier alpha value is -2.81. The summed E-state index contributed by atoms with van der Waals surface area (Å²) >= 11 is 0. The van der Waals surface area contributed by atoms with E-state index in [9.17, 15) is 4.79 Å².